The SMILES string of the molecule is COC(=O)CNC(=O)C(c1ccc(C)c(C)c1)N(C)C(=O)C(NC(=O)OC(C)(C)C)C(C)C. The van der Waals surface area contributed by atoms with Gasteiger partial charge >= 0.3 is 12.1 Å². The van der Waals surface area contributed by atoms with Gasteiger partial charge in [0.1, 0.15) is 24.2 Å². The number of nitrogens with zero attached hydrogens (tertiary/aromatic N) is 1. The predicted octanol–water partition coefficient (Wildman–Crippen LogP) is 2.64. The molecule has 0 aromatic heterocycles. The first-order chi connectivity index (χ1) is 15.2. The minimum Gasteiger partial charge on any atom is -0.468 e. The number of methoxy groups -OCH3 is 1. The Bertz CT molecular complexity index is 875. The Balaban J connectivity index is 3.26. The first-order valence-electron chi connectivity index (χ1n) is 10.9. The lowest BCUT2D eigenvalue weighted by molar-refractivity contribution is -0.144. The molecule has 184 valence electrons. The standard InChI is InChI=1S/C24H37N3O6/c1-14(2)19(26-23(31)33-24(5,6)7)22(30)27(8)20(21(29)25-13-18(28)32-9)17-11-10-15(3)16(4)12-17/h10-12,14,19-20H,13H2,1-9H3,(H,25,29)(H,26,31). The van der Waals surface area contributed by atoms with Crippen molar-refractivity contribution in [1.82, 2.24) is 15.5 Å². The van der Waals surface area contributed by atoms with Gasteiger partial charge in [-0.3, -0.25) is 14.4 Å². The highest BCUT2D eigenvalue weighted by molar-refractivity contribution is 5.93. The highest BCUT2D eigenvalue weighted by atomic mass is 16.6. The van der Waals surface area contributed by atoms with Gasteiger partial charge in [0.05, 0.1) is 7.11 Å². The minimum absolute atomic E-state index is 0.272. The van der Waals surface area contributed by atoms with Gasteiger partial charge in [-0.2, -0.15) is 0 Å². The Labute approximate surface area is 196 Å². The third kappa shape index (κ3) is 8.40. The van der Waals surface area contributed by atoms with Gasteiger partial charge in [0.25, 0.3) is 0 Å². The number of hydrogen-bond donors (Lipinski definition) is 2. The van der Waals surface area contributed by atoms with E-state index in [0.717, 1.165) is 11.1 Å². The molecule has 1 aromatic carbocycles. The number of amides is 3. The highest BCUT2D eigenvalue weighted by Crippen LogP contribution is 2.24. The Morgan fingerprint density at radius 2 is 1.67 bits per heavy atom. The zero-order valence-electron chi connectivity index (χ0n) is 21.1. The van der Waals surface area contributed by atoms with Crippen molar-refractivity contribution in [2.75, 3.05) is 20.7 Å². The van der Waals surface area contributed by atoms with Crippen molar-refractivity contribution in [3.05, 3.63) is 34.9 Å². The molecule has 0 heterocycles. The van der Waals surface area contributed by atoms with E-state index in [1.807, 2.05) is 26.0 Å². The van der Waals surface area contributed by atoms with Crippen LogP contribution in [0, 0.1) is 19.8 Å². The van der Waals surface area contributed by atoms with E-state index in [2.05, 4.69) is 15.4 Å². The maximum absolute atomic E-state index is 13.4. The van der Waals surface area contributed by atoms with Gasteiger partial charge in [-0.15, -0.1) is 0 Å². The summed E-state index contributed by atoms with van der Waals surface area (Å²) in [5.41, 5.74) is 1.84. The number of ether oxygens (including phenoxy) is 2. The number of carbonyl (C=O) groups is 4. The number of benzene rings is 1. The maximum atomic E-state index is 13.4. The van der Waals surface area contributed by atoms with E-state index >= 15 is 0 Å². The van der Waals surface area contributed by atoms with Crippen LogP contribution in [0.5, 0.6) is 0 Å². The molecule has 1 rings (SSSR count). The Hall–Kier alpha value is -3.10. The second-order valence-corrected chi connectivity index (χ2v) is 9.36. The second-order valence-electron chi connectivity index (χ2n) is 9.36. The fraction of sp³-hybridized carbons (Fsp3) is 0.583. The largest absolute Gasteiger partial charge is 0.468 e. The number of rotatable bonds is 8. The molecule has 0 fully saturated rings. The summed E-state index contributed by atoms with van der Waals surface area (Å²) in [4.78, 5) is 51.7. The normalized spacial score (nSPS) is 13.0. The van der Waals surface area contributed by atoms with Crippen LogP contribution < -0.4 is 10.6 Å². The van der Waals surface area contributed by atoms with Crippen molar-refractivity contribution in [3.63, 3.8) is 0 Å². The van der Waals surface area contributed by atoms with Crippen LogP contribution in [-0.4, -0.2) is 61.1 Å². The molecule has 9 heteroatoms. The molecule has 0 saturated heterocycles. The van der Waals surface area contributed by atoms with Gasteiger partial charge in [0, 0.05) is 7.05 Å². The summed E-state index contributed by atoms with van der Waals surface area (Å²) < 4.78 is 9.88. The van der Waals surface area contributed by atoms with Crippen molar-refractivity contribution in [3.8, 4) is 0 Å². The van der Waals surface area contributed by atoms with E-state index in [-0.39, 0.29) is 12.5 Å². The van der Waals surface area contributed by atoms with Crippen molar-refractivity contribution in [2.45, 2.75) is 66.2 Å². The number of esters is 1. The molecular formula is C24H37N3O6. The molecule has 2 unspecified atom stereocenters. The summed E-state index contributed by atoms with van der Waals surface area (Å²) in [7, 11) is 2.71. The Morgan fingerprint density at radius 3 is 2.15 bits per heavy atom. The quantitative estimate of drug-likeness (QED) is 0.573. The third-order valence-electron chi connectivity index (χ3n) is 5.07. The van der Waals surface area contributed by atoms with Gasteiger partial charge in [-0.1, -0.05) is 32.0 Å². The van der Waals surface area contributed by atoms with Crippen LogP contribution in [0.25, 0.3) is 0 Å². The molecule has 0 aliphatic heterocycles. The second kappa shape index (κ2) is 11.7. The van der Waals surface area contributed by atoms with Crippen LogP contribution in [0.1, 0.15) is 57.4 Å². The van der Waals surface area contributed by atoms with E-state index in [0.29, 0.717) is 5.56 Å². The molecule has 0 spiro atoms. The molecule has 3 amide bonds. The van der Waals surface area contributed by atoms with Crippen molar-refractivity contribution in [2.24, 2.45) is 5.92 Å². The van der Waals surface area contributed by atoms with E-state index in [4.69, 9.17) is 4.74 Å². The maximum Gasteiger partial charge on any atom is 0.408 e. The van der Waals surface area contributed by atoms with Gasteiger partial charge in [0.15, 0.2) is 0 Å². The zero-order chi connectivity index (χ0) is 25.5. The molecule has 33 heavy (non-hydrogen) atoms. The number of likely N-dealkylation sites (N-methyl/N-ethyl adjacent to an activating group) is 1. The van der Waals surface area contributed by atoms with Crippen LogP contribution in [0.4, 0.5) is 4.79 Å². The fourth-order valence-corrected chi connectivity index (χ4v) is 3.11. The van der Waals surface area contributed by atoms with Crippen LogP contribution in [-0.2, 0) is 23.9 Å². The van der Waals surface area contributed by atoms with E-state index in [9.17, 15) is 19.2 Å². The predicted molar refractivity (Wildman–Crippen MR) is 124 cm³/mol. The first kappa shape index (κ1) is 27.9. The van der Waals surface area contributed by atoms with Gasteiger partial charge in [-0.05, 0) is 57.2 Å². The number of alkyl carbamates (subject to hydrolysis) is 1. The molecule has 2 atom stereocenters. The average Bonchev–Trinajstić information content (AvgIpc) is 2.70. The number of nitrogens with one attached hydrogen (secondary N) is 2. The number of carbonyl (C=O) groups excluding carboxylic acids is 4. The van der Waals surface area contributed by atoms with Crippen molar-refractivity contribution < 1.29 is 28.7 Å². The summed E-state index contributed by atoms with van der Waals surface area (Å²) in [5.74, 6) is -1.89. The van der Waals surface area contributed by atoms with Crippen molar-refractivity contribution in [1.29, 1.82) is 0 Å². The van der Waals surface area contributed by atoms with Gasteiger partial charge in [0.2, 0.25) is 11.8 Å². The van der Waals surface area contributed by atoms with E-state index in [1.54, 1.807) is 40.7 Å². The zero-order valence-corrected chi connectivity index (χ0v) is 21.1. The smallest absolute Gasteiger partial charge is 0.408 e. The monoisotopic (exact) mass is 463 g/mol. The molecule has 1 aromatic rings. The summed E-state index contributed by atoms with van der Waals surface area (Å²) in [6.45, 7) is 12.3. The topological polar surface area (TPSA) is 114 Å². The molecule has 9 nitrogen and oxygen atoms in total. The van der Waals surface area contributed by atoms with Gasteiger partial charge < -0.3 is 25.0 Å². The molecule has 0 radical (unpaired) electrons. The lowest BCUT2D eigenvalue weighted by atomic mass is 9.97. The minimum atomic E-state index is -1.02. The lowest BCUT2D eigenvalue weighted by Crippen LogP contribution is -2.53. The Morgan fingerprint density at radius 1 is 1.06 bits per heavy atom. The average molecular weight is 464 g/mol. The summed E-state index contributed by atoms with van der Waals surface area (Å²) in [5, 5.41) is 5.14. The van der Waals surface area contributed by atoms with Crippen molar-refractivity contribution >= 4 is 23.9 Å². The third-order valence-corrected chi connectivity index (χ3v) is 5.07. The first-order valence-corrected chi connectivity index (χ1v) is 10.9. The molecule has 0 bridgehead atoms. The Kier molecular flexibility index (Phi) is 9.88. The summed E-state index contributed by atoms with van der Waals surface area (Å²) in [6, 6.07) is 3.51. The van der Waals surface area contributed by atoms with E-state index in [1.165, 1.54) is 19.1 Å². The number of hydrogen-bond acceptors (Lipinski definition) is 6. The van der Waals surface area contributed by atoms with Crippen LogP contribution in [0.3, 0.4) is 0 Å². The molecular weight excluding hydrogens is 426 g/mol. The van der Waals surface area contributed by atoms with Gasteiger partial charge in [-0.25, -0.2) is 4.79 Å². The highest BCUT2D eigenvalue weighted by Gasteiger charge is 2.35. The van der Waals surface area contributed by atoms with Crippen LogP contribution in [0.2, 0.25) is 0 Å². The van der Waals surface area contributed by atoms with Crippen LogP contribution >= 0.6 is 0 Å². The lowest BCUT2D eigenvalue weighted by Gasteiger charge is -2.33. The molecule has 0 aliphatic carbocycles. The fourth-order valence-electron chi connectivity index (χ4n) is 3.11. The number of aryl methyl sites for hydroxylation is 2. The van der Waals surface area contributed by atoms with Crippen LogP contribution in [0.15, 0.2) is 18.2 Å². The molecule has 2 N–H and O–H groups in total. The molecule has 0 saturated carbocycles. The summed E-state index contributed by atoms with van der Waals surface area (Å²) >= 11 is 0. The summed E-state index contributed by atoms with van der Waals surface area (Å²) in [6.07, 6.45) is -0.721. The molecule has 0 aliphatic rings. The van der Waals surface area contributed by atoms with E-state index < -0.39 is 41.6 Å².